The standard InChI is InChI=1S/C15H24N6O3/c1-5-10-7-12(22)19-15(17-10)21-11(6-9(4)20-21)18-14(24)13(23)16-8(2)3/h6,8,10,15,17H,5,7H2,1-4H3,(H,16,23)(H,18,24)(H,19,22). The summed E-state index contributed by atoms with van der Waals surface area (Å²) in [5.41, 5.74) is 0.657. The smallest absolute Gasteiger partial charge is 0.314 e. The molecule has 1 aromatic heterocycles. The van der Waals surface area contributed by atoms with Crippen molar-refractivity contribution in [2.45, 2.75) is 58.9 Å². The Balaban J connectivity index is 2.16. The SMILES string of the molecule is CCC1CC(=O)NC(n2nc(C)cc2NC(=O)C(=O)NC(C)C)N1. The van der Waals surface area contributed by atoms with Gasteiger partial charge in [0.05, 0.1) is 5.69 Å². The van der Waals surface area contributed by atoms with Crippen LogP contribution in [0.25, 0.3) is 0 Å². The zero-order valence-electron chi connectivity index (χ0n) is 14.3. The van der Waals surface area contributed by atoms with Crippen molar-refractivity contribution >= 4 is 23.5 Å². The molecule has 0 spiro atoms. The number of hydrogen-bond acceptors (Lipinski definition) is 5. The molecule has 9 heteroatoms. The molecule has 4 N–H and O–H groups in total. The number of aryl methyl sites for hydroxylation is 1. The Morgan fingerprint density at radius 1 is 1.42 bits per heavy atom. The van der Waals surface area contributed by atoms with Gasteiger partial charge in [0.1, 0.15) is 5.82 Å². The second-order valence-corrected chi connectivity index (χ2v) is 6.14. The van der Waals surface area contributed by atoms with Crippen molar-refractivity contribution in [1.82, 2.24) is 25.7 Å². The number of nitrogens with zero attached hydrogens (tertiary/aromatic N) is 2. The molecule has 3 amide bonds. The summed E-state index contributed by atoms with van der Waals surface area (Å²) in [7, 11) is 0. The molecule has 0 radical (unpaired) electrons. The summed E-state index contributed by atoms with van der Waals surface area (Å²) < 4.78 is 1.47. The molecular weight excluding hydrogens is 312 g/mol. The van der Waals surface area contributed by atoms with Crippen LogP contribution in [0, 0.1) is 6.92 Å². The molecule has 0 aromatic carbocycles. The fraction of sp³-hybridized carbons (Fsp3) is 0.600. The highest BCUT2D eigenvalue weighted by molar-refractivity contribution is 6.39. The van der Waals surface area contributed by atoms with E-state index in [0.717, 1.165) is 6.42 Å². The highest BCUT2D eigenvalue weighted by Gasteiger charge is 2.28. The topological polar surface area (TPSA) is 117 Å². The first-order valence-electron chi connectivity index (χ1n) is 8.03. The van der Waals surface area contributed by atoms with Crippen molar-refractivity contribution in [1.29, 1.82) is 0 Å². The minimum Gasteiger partial charge on any atom is -0.346 e. The Bertz CT molecular complexity index is 639. The van der Waals surface area contributed by atoms with E-state index in [4.69, 9.17) is 0 Å². The maximum absolute atomic E-state index is 12.0. The van der Waals surface area contributed by atoms with Crippen LogP contribution in [0.5, 0.6) is 0 Å². The van der Waals surface area contributed by atoms with Gasteiger partial charge in [0.2, 0.25) is 5.91 Å². The van der Waals surface area contributed by atoms with E-state index in [1.165, 1.54) is 4.68 Å². The van der Waals surface area contributed by atoms with Gasteiger partial charge in [-0.15, -0.1) is 0 Å². The van der Waals surface area contributed by atoms with Crippen molar-refractivity contribution in [3.63, 3.8) is 0 Å². The number of carbonyl (C=O) groups excluding carboxylic acids is 3. The highest BCUT2D eigenvalue weighted by atomic mass is 16.2. The Kier molecular flexibility index (Phi) is 5.55. The zero-order chi connectivity index (χ0) is 17.9. The molecule has 132 valence electrons. The molecule has 2 heterocycles. The van der Waals surface area contributed by atoms with Gasteiger partial charge in [-0.3, -0.25) is 19.7 Å². The van der Waals surface area contributed by atoms with Gasteiger partial charge < -0.3 is 16.0 Å². The second kappa shape index (κ2) is 7.43. The van der Waals surface area contributed by atoms with E-state index in [0.29, 0.717) is 17.9 Å². The summed E-state index contributed by atoms with van der Waals surface area (Å²) in [6.45, 7) is 7.29. The van der Waals surface area contributed by atoms with Crippen molar-refractivity contribution < 1.29 is 14.4 Å². The molecule has 1 aliphatic heterocycles. The number of amides is 3. The first-order valence-corrected chi connectivity index (χ1v) is 8.03. The number of aromatic nitrogens is 2. The lowest BCUT2D eigenvalue weighted by Crippen LogP contribution is -2.53. The van der Waals surface area contributed by atoms with E-state index in [2.05, 4.69) is 26.4 Å². The van der Waals surface area contributed by atoms with Gasteiger partial charge in [-0.2, -0.15) is 5.10 Å². The fourth-order valence-electron chi connectivity index (χ4n) is 2.46. The van der Waals surface area contributed by atoms with E-state index in [1.54, 1.807) is 26.8 Å². The molecular formula is C15H24N6O3. The Labute approximate surface area is 140 Å². The number of anilines is 1. The minimum absolute atomic E-state index is 0.0287. The molecule has 9 nitrogen and oxygen atoms in total. The van der Waals surface area contributed by atoms with E-state index >= 15 is 0 Å². The van der Waals surface area contributed by atoms with Crippen LogP contribution in [0.1, 0.15) is 45.6 Å². The Morgan fingerprint density at radius 2 is 2.12 bits per heavy atom. The lowest BCUT2D eigenvalue weighted by Gasteiger charge is -2.31. The summed E-state index contributed by atoms with van der Waals surface area (Å²) >= 11 is 0. The summed E-state index contributed by atoms with van der Waals surface area (Å²) in [5, 5.41) is 15.4. The predicted octanol–water partition coefficient (Wildman–Crippen LogP) is -0.00118. The van der Waals surface area contributed by atoms with Crippen LogP contribution < -0.4 is 21.3 Å². The largest absolute Gasteiger partial charge is 0.346 e. The van der Waals surface area contributed by atoms with E-state index < -0.39 is 18.1 Å². The van der Waals surface area contributed by atoms with Crippen molar-refractivity contribution in [3.8, 4) is 0 Å². The van der Waals surface area contributed by atoms with Crippen LogP contribution in [-0.2, 0) is 14.4 Å². The van der Waals surface area contributed by atoms with Crippen LogP contribution in [0.3, 0.4) is 0 Å². The molecule has 1 fully saturated rings. The lowest BCUT2D eigenvalue weighted by atomic mass is 10.1. The maximum Gasteiger partial charge on any atom is 0.314 e. The quantitative estimate of drug-likeness (QED) is 0.577. The summed E-state index contributed by atoms with van der Waals surface area (Å²) in [6, 6.07) is 1.53. The molecule has 1 aliphatic rings. The Morgan fingerprint density at radius 3 is 2.75 bits per heavy atom. The third-order valence-corrected chi connectivity index (χ3v) is 3.59. The van der Waals surface area contributed by atoms with Gasteiger partial charge in [-0.05, 0) is 27.2 Å². The van der Waals surface area contributed by atoms with Gasteiger partial charge in [-0.25, -0.2) is 4.68 Å². The van der Waals surface area contributed by atoms with Crippen LogP contribution in [0.15, 0.2) is 6.07 Å². The van der Waals surface area contributed by atoms with E-state index in [9.17, 15) is 14.4 Å². The van der Waals surface area contributed by atoms with Crippen molar-refractivity contribution in [3.05, 3.63) is 11.8 Å². The monoisotopic (exact) mass is 336 g/mol. The number of hydrogen-bond donors (Lipinski definition) is 4. The van der Waals surface area contributed by atoms with Gasteiger partial charge in [0.25, 0.3) is 0 Å². The highest BCUT2D eigenvalue weighted by Crippen LogP contribution is 2.18. The number of nitrogens with one attached hydrogen (secondary N) is 4. The fourth-order valence-corrected chi connectivity index (χ4v) is 2.46. The molecule has 0 saturated carbocycles. The lowest BCUT2D eigenvalue weighted by molar-refractivity contribution is -0.136. The predicted molar refractivity (Wildman–Crippen MR) is 87.9 cm³/mol. The molecule has 1 saturated heterocycles. The van der Waals surface area contributed by atoms with Crippen molar-refractivity contribution in [2.24, 2.45) is 0 Å². The van der Waals surface area contributed by atoms with Crippen LogP contribution in [0.4, 0.5) is 5.82 Å². The second-order valence-electron chi connectivity index (χ2n) is 6.14. The van der Waals surface area contributed by atoms with Crippen LogP contribution >= 0.6 is 0 Å². The van der Waals surface area contributed by atoms with Crippen molar-refractivity contribution in [2.75, 3.05) is 5.32 Å². The van der Waals surface area contributed by atoms with Gasteiger partial charge in [0.15, 0.2) is 6.29 Å². The number of rotatable bonds is 4. The molecule has 0 bridgehead atoms. The van der Waals surface area contributed by atoms with E-state index in [1.807, 2.05) is 6.92 Å². The third-order valence-electron chi connectivity index (χ3n) is 3.59. The number of carbonyl (C=O) groups is 3. The zero-order valence-corrected chi connectivity index (χ0v) is 14.3. The van der Waals surface area contributed by atoms with Gasteiger partial charge >= 0.3 is 11.8 Å². The molecule has 24 heavy (non-hydrogen) atoms. The summed E-state index contributed by atoms with van der Waals surface area (Å²) in [4.78, 5) is 35.6. The first kappa shape index (κ1) is 17.9. The maximum atomic E-state index is 12.0. The summed E-state index contributed by atoms with van der Waals surface area (Å²) in [6.07, 6.45) is 0.613. The third kappa shape index (κ3) is 4.31. The van der Waals surface area contributed by atoms with Gasteiger partial charge in [-0.1, -0.05) is 6.92 Å². The normalized spacial score (nSPS) is 20.6. The Hall–Kier alpha value is -2.42. The summed E-state index contributed by atoms with van der Waals surface area (Å²) in [5.74, 6) is -1.25. The van der Waals surface area contributed by atoms with E-state index in [-0.39, 0.29) is 18.0 Å². The molecule has 0 aliphatic carbocycles. The average Bonchev–Trinajstić information content (AvgIpc) is 2.86. The molecule has 2 rings (SSSR count). The minimum atomic E-state index is -0.779. The van der Waals surface area contributed by atoms with Gasteiger partial charge in [0, 0.05) is 24.6 Å². The molecule has 2 atom stereocenters. The first-order chi connectivity index (χ1) is 11.3. The van der Waals surface area contributed by atoms with Crippen LogP contribution in [-0.4, -0.2) is 39.6 Å². The van der Waals surface area contributed by atoms with Crippen LogP contribution in [0.2, 0.25) is 0 Å². The molecule has 1 aromatic rings. The molecule has 2 unspecified atom stereocenters. The average molecular weight is 336 g/mol.